The molecule has 7 heteroatoms. The van der Waals surface area contributed by atoms with Crippen LogP contribution in [0, 0.1) is 26.7 Å². The lowest BCUT2D eigenvalue weighted by atomic mass is 9.98. The predicted octanol–water partition coefficient (Wildman–Crippen LogP) is 3.66. The number of anilines is 1. The molecule has 2 aromatic rings. The molecule has 1 fully saturated rings. The van der Waals surface area contributed by atoms with Gasteiger partial charge < -0.3 is 10.1 Å². The van der Waals surface area contributed by atoms with E-state index < -0.39 is 10.0 Å². The van der Waals surface area contributed by atoms with Crippen LogP contribution in [0.25, 0.3) is 0 Å². The van der Waals surface area contributed by atoms with Gasteiger partial charge in [0.05, 0.1) is 17.9 Å². The van der Waals surface area contributed by atoms with Gasteiger partial charge in [0.15, 0.2) is 0 Å². The highest BCUT2D eigenvalue weighted by Crippen LogP contribution is 2.29. The summed E-state index contributed by atoms with van der Waals surface area (Å²) in [4.78, 5) is 13.1. The zero-order valence-corrected chi connectivity index (χ0v) is 18.2. The molecule has 1 amide bonds. The maximum absolute atomic E-state index is 13.3. The van der Waals surface area contributed by atoms with Gasteiger partial charge >= 0.3 is 0 Å². The third-order valence-corrected chi connectivity index (χ3v) is 7.49. The number of rotatable bonds is 5. The van der Waals surface area contributed by atoms with Crippen LogP contribution in [-0.4, -0.2) is 38.8 Å². The van der Waals surface area contributed by atoms with E-state index in [2.05, 4.69) is 5.32 Å². The van der Waals surface area contributed by atoms with E-state index >= 15 is 0 Å². The molecular weight excluding hydrogens is 388 g/mol. The number of carbonyl (C=O) groups is 1. The van der Waals surface area contributed by atoms with Gasteiger partial charge in [0.2, 0.25) is 15.9 Å². The monoisotopic (exact) mass is 416 g/mol. The summed E-state index contributed by atoms with van der Waals surface area (Å²) in [6.07, 6.45) is 1.32. The van der Waals surface area contributed by atoms with Crippen molar-refractivity contribution in [2.45, 2.75) is 38.5 Å². The zero-order chi connectivity index (χ0) is 21.2. The number of ether oxygens (including phenoxy) is 1. The van der Waals surface area contributed by atoms with E-state index in [1.54, 1.807) is 31.4 Å². The molecule has 2 aromatic carbocycles. The summed E-state index contributed by atoms with van der Waals surface area (Å²) in [6.45, 7) is 6.23. The van der Waals surface area contributed by atoms with Crippen molar-refractivity contribution in [1.29, 1.82) is 0 Å². The first kappa shape index (κ1) is 21.3. The maximum atomic E-state index is 13.3. The Morgan fingerprint density at radius 2 is 1.72 bits per heavy atom. The molecule has 3 rings (SSSR count). The van der Waals surface area contributed by atoms with Gasteiger partial charge in [-0.1, -0.05) is 17.7 Å². The Morgan fingerprint density at radius 1 is 1.10 bits per heavy atom. The Balaban J connectivity index is 1.76. The third-order valence-electron chi connectivity index (χ3n) is 5.32. The van der Waals surface area contributed by atoms with Gasteiger partial charge in [-0.2, -0.15) is 4.31 Å². The fourth-order valence-corrected chi connectivity index (χ4v) is 5.93. The van der Waals surface area contributed by atoms with Crippen LogP contribution in [0.4, 0.5) is 5.69 Å². The second-order valence-corrected chi connectivity index (χ2v) is 9.52. The summed E-state index contributed by atoms with van der Waals surface area (Å²) in [5.74, 6) is 0.167. The van der Waals surface area contributed by atoms with Crippen molar-refractivity contribution < 1.29 is 17.9 Å². The van der Waals surface area contributed by atoms with Crippen LogP contribution in [0.3, 0.4) is 0 Å². The molecule has 156 valence electrons. The van der Waals surface area contributed by atoms with E-state index in [9.17, 15) is 13.2 Å². The molecule has 0 spiro atoms. The van der Waals surface area contributed by atoms with Crippen LogP contribution < -0.4 is 10.1 Å². The summed E-state index contributed by atoms with van der Waals surface area (Å²) in [5.41, 5.74) is 3.19. The highest BCUT2D eigenvalue weighted by molar-refractivity contribution is 7.89. The molecule has 0 radical (unpaired) electrons. The summed E-state index contributed by atoms with van der Waals surface area (Å²) < 4.78 is 33.2. The molecule has 1 aliphatic heterocycles. The second kappa shape index (κ2) is 8.55. The number of nitrogens with zero attached hydrogens (tertiary/aromatic N) is 1. The summed E-state index contributed by atoms with van der Waals surface area (Å²) in [6, 6.07) is 10.9. The van der Waals surface area contributed by atoms with Gasteiger partial charge in [-0.3, -0.25) is 4.79 Å². The molecule has 29 heavy (non-hydrogen) atoms. The quantitative estimate of drug-likeness (QED) is 0.807. The molecule has 1 N–H and O–H groups in total. The van der Waals surface area contributed by atoms with Gasteiger partial charge in [-0.05, 0) is 69.0 Å². The smallest absolute Gasteiger partial charge is 0.243 e. The lowest BCUT2D eigenvalue weighted by Gasteiger charge is -2.32. The SMILES string of the molecule is COc1ccc(NC(=O)[C@@H]2CCCN(S(=O)(=O)c3c(C)cc(C)cc3C)C2)cc1. The number of piperidine rings is 1. The third kappa shape index (κ3) is 4.62. The summed E-state index contributed by atoms with van der Waals surface area (Å²) >= 11 is 0. The van der Waals surface area contributed by atoms with Crippen molar-refractivity contribution in [1.82, 2.24) is 4.31 Å². The van der Waals surface area contributed by atoms with Crippen LogP contribution in [0.2, 0.25) is 0 Å². The van der Waals surface area contributed by atoms with Gasteiger partial charge in [0.25, 0.3) is 0 Å². The molecule has 0 saturated carbocycles. The van der Waals surface area contributed by atoms with Crippen molar-refractivity contribution in [3.8, 4) is 5.75 Å². The lowest BCUT2D eigenvalue weighted by molar-refractivity contribution is -0.120. The Bertz CT molecular complexity index is 977. The fourth-order valence-electron chi connectivity index (χ4n) is 4.00. The Hall–Kier alpha value is -2.38. The van der Waals surface area contributed by atoms with Crippen LogP contribution in [0.1, 0.15) is 29.5 Å². The van der Waals surface area contributed by atoms with Gasteiger partial charge in [0, 0.05) is 18.8 Å². The standard InChI is InChI=1S/C22H28N2O4S/c1-15-12-16(2)21(17(3)13-15)29(26,27)24-11-5-6-18(14-24)22(25)23-19-7-9-20(28-4)10-8-19/h7-10,12-13,18H,5-6,11,14H2,1-4H3,(H,23,25)/t18-/m1/s1. The van der Waals surface area contributed by atoms with Crippen LogP contribution >= 0.6 is 0 Å². The second-order valence-electron chi connectivity index (χ2n) is 7.65. The first-order valence-electron chi connectivity index (χ1n) is 9.75. The van der Waals surface area contributed by atoms with Gasteiger partial charge in [0.1, 0.15) is 5.75 Å². The average Bonchev–Trinajstić information content (AvgIpc) is 2.67. The van der Waals surface area contributed by atoms with Crippen molar-refractivity contribution in [2.24, 2.45) is 5.92 Å². The number of nitrogens with one attached hydrogen (secondary N) is 1. The van der Waals surface area contributed by atoms with Crippen molar-refractivity contribution in [2.75, 3.05) is 25.5 Å². The summed E-state index contributed by atoms with van der Waals surface area (Å²) in [5, 5.41) is 2.89. The Morgan fingerprint density at radius 3 is 2.31 bits per heavy atom. The van der Waals surface area contributed by atoms with E-state index in [0.29, 0.717) is 35.7 Å². The number of hydrogen-bond acceptors (Lipinski definition) is 4. The average molecular weight is 417 g/mol. The molecule has 1 saturated heterocycles. The highest BCUT2D eigenvalue weighted by Gasteiger charge is 2.34. The van der Waals surface area contributed by atoms with Crippen molar-refractivity contribution in [3.63, 3.8) is 0 Å². The van der Waals surface area contributed by atoms with Crippen molar-refractivity contribution >= 4 is 21.6 Å². The molecule has 0 unspecified atom stereocenters. The van der Waals surface area contributed by atoms with Crippen LogP contribution in [-0.2, 0) is 14.8 Å². The maximum Gasteiger partial charge on any atom is 0.243 e. The minimum Gasteiger partial charge on any atom is -0.497 e. The largest absolute Gasteiger partial charge is 0.497 e. The minimum absolute atomic E-state index is 0.160. The lowest BCUT2D eigenvalue weighted by Crippen LogP contribution is -2.44. The number of hydrogen-bond donors (Lipinski definition) is 1. The first-order chi connectivity index (χ1) is 13.7. The zero-order valence-electron chi connectivity index (χ0n) is 17.4. The number of benzene rings is 2. The van der Waals surface area contributed by atoms with E-state index in [-0.39, 0.29) is 18.4 Å². The summed E-state index contributed by atoms with van der Waals surface area (Å²) in [7, 11) is -2.07. The van der Waals surface area contributed by atoms with E-state index in [1.807, 2.05) is 32.9 Å². The molecule has 0 bridgehead atoms. The van der Waals surface area contributed by atoms with E-state index in [1.165, 1.54) is 4.31 Å². The van der Waals surface area contributed by atoms with E-state index in [4.69, 9.17) is 4.74 Å². The Kier molecular flexibility index (Phi) is 6.29. The van der Waals surface area contributed by atoms with E-state index in [0.717, 1.165) is 16.7 Å². The first-order valence-corrected chi connectivity index (χ1v) is 11.2. The molecule has 6 nitrogen and oxygen atoms in total. The van der Waals surface area contributed by atoms with Crippen LogP contribution in [0.5, 0.6) is 5.75 Å². The molecule has 1 heterocycles. The normalized spacial score (nSPS) is 17.7. The van der Waals surface area contributed by atoms with Gasteiger partial charge in [-0.15, -0.1) is 0 Å². The molecule has 0 aromatic heterocycles. The number of amides is 1. The molecule has 0 aliphatic carbocycles. The Labute approximate surface area is 172 Å². The van der Waals surface area contributed by atoms with Crippen molar-refractivity contribution in [3.05, 3.63) is 53.1 Å². The highest BCUT2D eigenvalue weighted by atomic mass is 32.2. The fraction of sp³-hybridized carbons (Fsp3) is 0.409. The van der Waals surface area contributed by atoms with Crippen LogP contribution in [0.15, 0.2) is 41.3 Å². The molecule has 1 atom stereocenters. The number of carbonyl (C=O) groups excluding carboxylic acids is 1. The molecular formula is C22H28N2O4S. The topological polar surface area (TPSA) is 75.7 Å². The number of aryl methyl sites for hydroxylation is 3. The number of methoxy groups -OCH3 is 1. The number of sulfonamides is 1. The molecule has 1 aliphatic rings. The minimum atomic E-state index is -3.65. The predicted molar refractivity (Wildman–Crippen MR) is 114 cm³/mol. The van der Waals surface area contributed by atoms with Gasteiger partial charge in [-0.25, -0.2) is 8.42 Å².